The van der Waals surface area contributed by atoms with Crippen LogP contribution in [-0.2, 0) is 0 Å². The third-order valence-electron chi connectivity index (χ3n) is 3.27. The maximum Gasteiger partial charge on any atom is 0.180 e. The average Bonchev–Trinajstić information content (AvgIpc) is 2.55. The largest absolute Gasteiger partial charge is 0.396 e. The number of nitrogens with one attached hydrogen (secondary N) is 1. The molecular formula is C16H16N4O. The minimum Gasteiger partial charge on any atom is -0.396 e. The average molecular weight is 280 g/mol. The highest BCUT2D eigenvalue weighted by molar-refractivity contribution is 5.71. The van der Waals surface area contributed by atoms with Crippen LogP contribution < -0.4 is 5.32 Å². The Balaban J connectivity index is 1.87. The Labute approximate surface area is 122 Å². The van der Waals surface area contributed by atoms with Crippen molar-refractivity contribution in [1.82, 2.24) is 15.0 Å². The van der Waals surface area contributed by atoms with E-state index in [1.54, 1.807) is 12.4 Å². The van der Waals surface area contributed by atoms with Gasteiger partial charge in [-0.15, -0.1) is 0 Å². The fraction of sp³-hybridized carbons (Fsp3) is 0.188. The summed E-state index contributed by atoms with van der Waals surface area (Å²) in [6.45, 7) is 0.111. The summed E-state index contributed by atoms with van der Waals surface area (Å²) in [5.74, 6) is 0.727. The van der Waals surface area contributed by atoms with Gasteiger partial charge in [-0.05, 0) is 24.1 Å². The highest BCUT2D eigenvalue weighted by atomic mass is 16.3. The van der Waals surface area contributed by atoms with Crippen LogP contribution in [0.5, 0.6) is 0 Å². The monoisotopic (exact) mass is 280 g/mol. The fourth-order valence-corrected chi connectivity index (χ4v) is 2.25. The van der Waals surface area contributed by atoms with Crippen LogP contribution in [0.4, 0.5) is 5.82 Å². The van der Waals surface area contributed by atoms with Crippen molar-refractivity contribution in [1.29, 1.82) is 0 Å². The summed E-state index contributed by atoms with van der Waals surface area (Å²) in [6, 6.07) is 13.8. The van der Waals surface area contributed by atoms with Crippen molar-refractivity contribution in [2.45, 2.75) is 12.5 Å². The Morgan fingerprint density at radius 2 is 1.81 bits per heavy atom. The molecule has 3 aromatic rings. The smallest absolute Gasteiger partial charge is 0.180 e. The van der Waals surface area contributed by atoms with Crippen molar-refractivity contribution in [3.05, 3.63) is 60.4 Å². The summed E-state index contributed by atoms with van der Waals surface area (Å²) in [5, 5.41) is 12.6. The summed E-state index contributed by atoms with van der Waals surface area (Å²) >= 11 is 0. The number of pyridine rings is 1. The first-order chi connectivity index (χ1) is 10.4. The lowest BCUT2D eigenvalue weighted by Gasteiger charge is -2.19. The van der Waals surface area contributed by atoms with Crippen molar-refractivity contribution in [3.8, 4) is 0 Å². The molecule has 0 bridgehead atoms. The van der Waals surface area contributed by atoms with Gasteiger partial charge in [0.15, 0.2) is 5.65 Å². The predicted octanol–water partition coefficient (Wildman–Crippen LogP) is 2.56. The molecule has 1 aromatic carbocycles. The third-order valence-corrected chi connectivity index (χ3v) is 3.27. The zero-order valence-corrected chi connectivity index (χ0v) is 11.5. The van der Waals surface area contributed by atoms with Crippen LogP contribution >= 0.6 is 0 Å². The minimum absolute atomic E-state index is 0.0119. The van der Waals surface area contributed by atoms with Gasteiger partial charge in [0.25, 0.3) is 0 Å². The van der Waals surface area contributed by atoms with Gasteiger partial charge in [0.05, 0.1) is 6.04 Å². The van der Waals surface area contributed by atoms with E-state index in [0.717, 1.165) is 16.9 Å². The summed E-state index contributed by atoms with van der Waals surface area (Å²) in [5.41, 5.74) is 2.49. The molecule has 0 amide bonds. The summed E-state index contributed by atoms with van der Waals surface area (Å²) < 4.78 is 0. The predicted molar refractivity (Wildman–Crippen MR) is 81.8 cm³/mol. The second kappa shape index (κ2) is 6.28. The fourth-order valence-electron chi connectivity index (χ4n) is 2.25. The van der Waals surface area contributed by atoms with E-state index in [-0.39, 0.29) is 12.6 Å². The number of rotatable bonds is 5. The molecule has 0 saturated carbocycles. The zero-order valence-electron chi connectivity index (χ0n) is 11.5. The molecule has 0 fully saturated rings. The van der Waals surface area contributed by atoms with Crippen LogP contribution in [0.25, 0.3) is 11.2 Å². The van der Waals surface area contributed by atoms with E-state index in [2.05, 4.69) is 20.3 Å². The number of aliphatic hydroxyl groups excluding tert-OH is 1. The minimum atomic E-state index is 0.0119. The lowest BCUT2D eigenvalue weighted by Crippen LogP contribution is -2.13. The molecule has 5 nitrogen and oxygen atoms in total. The van der Waals surface area contributed by atoms with E-state index in [0.29, 0.717) is 12.1 Å². The number of aliphatic hydroxyl groups is 1. The van der Waals surface area contributed by atoms with E-state index in [1.807, 2.05) is 42.5 Å². The Kier molecular flexibility index (Phi) is 4.02. The second-order valence-electron chi connectivity index (χ2n) is 4.72. The zero-order chi connectivity index (χ0) is 14.5. The van der Waals surface area contributed by atoms with E-state index in [4.69, 9.17) is 0 Å². The van der Waals surface area contributed by atoms with Crippen molar-refractivity contribution < 1.29 is 5.11 Å². The molecule has 2 heterocycles. The molecule has 0 aliphatic heterocycles. The lowest BCUT2D eigenvalue weighted by atomic mass is 10.0. The molecule has 5 heteroatoms. The van der Waals surface area contributed by atoms with E-state index < -0.39 is 0 Å². The van der Waals surface area contributed by atoms with E-state index >= 15 is 0 Å². The van der Waals surface area contributed by atoms with Crippen molar-refractivity contribution in [2.75, 3.05) is 11.9 Å². The summed E-state index contributed by atoms with van der Waals surface area (Å²) in [7, 11) is 0. The maximum absolute atomic E-state index is 9.27. The van der Waals surface area contributed by atoms with Gasteiger partial charge < -0.3 is 10.4 Å². The molecule has 0 aliphatic rings. The number of hydrogen-bond donors (Lipinski definition) is 2. The van der Waals surface area contributed by atoms with Crippen molar-refractivity contribution in [2.24, 2.45) is 0 Å². The van der Waals surface area contributed by atoms with E-state index in [1.165, 1.54) is 0 Å². The van der Waals surface area contributed by atoms with Crippen LogP contribution in [0.15, 0.2) is 54.9 Å². The van der Waals surface area contributed by atoms with Gasteiger partial charge in [-0.2, -0.15) is 0 Å². The molecule has 1 atom stereocenters. The van der Waals surface area contributed by atoms with Gasteiger partial charge in [-0.1, -0.05) is 30.3 Å². The molecule has 0 saturated heterocycles. The first-order valence-corrected chi connectivity index (χ1v) is 6.87. The summed E-state index contributed by atoms with van der Waals surface area (Å²) in [4.78, 5) is 12.9. The number of fused-ring (bicyclic) bond motifs is 1. The maximum atomic E-state index is 9.27. The van der Waals surface area contributed by atoms with Crippen LogP contribution in [-0.4, -0.2) is 26.7 Å². The molecule has 106 valence electrons. The van der Waals surface area contributed by atoms with Crippen LogP contribution in [0.2, 0.25) is 0 Å². The Morgan fingerprint density at radius 3 is 2.62 bits per heavy atom. The van der Waals surface area contributed by atoms with Gasteiger partial charge in [0, 0.05) is 19.0 Å². The standard InChI is InChI=1S/C16H16N4O/c21-11-8-13(12-4-2-1-3-5-12)19-15-7-6-14-16(20-15)18-10-9-17-14/h1-7,9-10,13,21H,8,11H2,(H,18,19,20)/t13-/m1/s1. The normalized spacial score (nSPS) is 12.2. The molecule has 0 aliphatic carbocycles. The number of anilines is 1. The van der Waals surface area contributed by atoms with E-state index in [9.17, 15) is 5.11 Å². The number of nitrogens with zero attached hydrogens (tertiary/aromatic N) is 3. The number of benzene rings is 1. The first kappa shape index (κ1) is 13.5. The number of aromatic nitrogens is 3. The topological polar surface area (TPSA) is 70.9 Å². The Morgan fingerprint density at radius 1 is 1.00 bits per heavy atom. The molecule has 2 aromatic heterocycles. The van der Waals surface area contributed by atoms with Gasteiger partial charge in [-0.3, -0.25) is 4.98 Å². The van der Waals surface area contributed by atoms with Crippen molar-refractivity contribution >= 4 is 17.0 Å². The van der Waals surface area contributed by atoms with Crippen LogP contribution in [0.1, 0.15) is 18.0 Å². The lowest BCUT2D eigenvalue weighted by molar-refractivity contribution is 0.280. The molecular weight excluding hydrogens is 264 g/mol. The second-order valence-corrected chi connectivity index (χ2v) is 4.72. The van der Waals surface area contributed by atoms with Crippen LogP contribution in [0, 0.1) is 0 Å². The molecule has 0 spiro atoms. The Hall–Kier alpha value is -2.53. The quantitative estimate of drug-likeness (QED) is 0.751. The SMILES string of the molecule is OCC[C@@H](Nc1ccc2nccnc2n1)c1ccccc1. The first-order valence-electron chi connectivity index (χ1n) is 6.87. The third kappa shape index (κ3) is 3.14. The van der Waals surface area contributed by atoms with Crippen LogP contribution in [0.3, 0.4) is 0 Å². The van der Waals surface area contributed by atoms with Gasteiger partial charge in [-0.25, -0.2) is 9.97 Å². The molecule has 0 unspecified atom stereocenters. The molecule has 2 N–H and O–H groups in total. The summed E-state index contributed by atoms with van der Waals surface area (Å²) in [6.07, 6.45) is 3.89. The molecule has 3 rings (SSSR count). The highest BCUT2D eigenvalue weighted by Gasteiger charge is 2.11. The van der Waals surface area contributed by atoms with Gasteiger partial charge >= 0.3 is 0 Å². The molecule has 0 radical (unpaired) electrons. The highest BCUT2D eigenvalue weighted by Crippen LogP contribution is 2.22. The number of hydrogen-bond acceptors (Lipinski definition) is 5. The van der Waals surface area contributed by atoms with Crippen molar-refractivity contribution in [3.63, 3.8) is 0 Å². The Bertz CT molecular complexity index is 718. The van der Waals surface area contributed by atoms with Gasteiger partial charge in [0.2, 0.25) is 0 Å². The molecule has 21 heavy (non-hydrogen) atoms. The van der Waals surface area contributed by atoms with Gasteiger partial charge in [0.1, 0.15) is 11.3 Å².